The summed E-state index contributed by atoms with van der Waals surface area (Å²) >= 11 is 0. The summed E-state index contributed by atoms with van der Waals surface area (Å²) in [5.41, 5.74) is 0.163. The molecule has 2 rings (SSSR count). The Hall–Kier alpha value is -0.830. The Kier molecular flexibility index (Phi) is 10.5. The average molecular weight is 477 g/mol. The van der Waals surface area contributed by atoms with Gasteiger partial charge in [0, 0.05) is 51.1 Å². The lowest BCUT2D eigenvalue weighted by Gasteiger charge is -2.39. The van der Waals surface area contributed by atoms with E-state index in [1.54, 1.807) is 0 Å². The van der Waals surface area contributed by atoms with Crippen molar-refractivity contribution < 1.29 is 4.74 Å². The molecule has 1 fully saturated rings. The van der Waals surface area contributed by atoms with Crippen LogP contribution in [0.3, 0.4) is 0 Å². The summed E-state index contributed by atoms with van der Waals surface area (Å²) in [4.78, 5) is 4.83. The monoisotopic (exact) mass is 477 g/mol. The largest absolute Gasteiger partial charge is 0.377 e. The Morgan fingerprint density at radius 2 is 2.15 bits per heavy atom. The van der Waals surface area contributed by atoms with Crippen molar-refractivity contribution in [2.45, 2.75) is 59.6 Å². The predicted octanol–water partition coefficient (Wildman–Crippen LogP) is 3.29. The molecule has 2 atom stereocenters. The molecule has 0 saturated carbocycles. The van der Waals surface area contributed by atoms with E-state index in [0.29, 0.717) is 5.92 Å². The molecule has 1 aromatic rings. The second-order valence-electron chi connectivity index (χ2n) is 7.83. The number of guanidine groups is 1. The van der Waals surface area contributed by atoms with Crippen LogP contribution in [0.15, 0.2) is 23.5 Å². The third-order valence-electron chi connectivity index (χ3n) is 4.54. The van der Waals surface area contributed by atoms with Crippen molar-refractivity contribution in [3.05, 3.63) is 18.5 Å². The standard InChI is InChI=1S/C19H35N5O.HI/c1-5-20-18(21-10-7-12-24-13-8-11-23-24)22-15-16-9-6-14-25-17(16)19(2,3)4;/h8,11,13,16-17H,5-7,9-10,12,14-15H2,1-4H3,(H2,20,21,22);1H. The summed E-state index contributed by atoms with van der Waals surface area (Å²) in [5.74, 6) is 1.40. The lowest BCUT2D eigenvalue weighted by Crippen LogP contribution is -2.43. The highest BCUT2D eigenvalue weighted by atomic mass is 127. The van der Waals surface area contributed by atoms with Gasteiger partial charge in [-0.2, -0.15) is 5.10 Å². The number of hydrogen-bond donors (Lipinski definition) is 2. The molecule has 0 aromatic carbocycles. The van der Waals surface area contributed by atoms with Crippen molar-refractivity contribution in [3.8, 4) is 0 Å². The zero-order valence-electron chi connectivity index (χ0n) is 16.7. The van der Waals surface area contributed by atoms with E-state index in [1.165, 1.54) is 6.42 Å². The van der Waals surface area contributed by atoms with Gasteiger partial charge in [0.25, 0.3) is 0 Å². The van der Waals surface area contributed by atoms with Gasteiger partial charge in [0.2, 0.25) is 0 Å². The van der Waals surface area contributed by atoms with Crippen LogP contribution in [0, 0.1) is 11.3 Å². The van der Waals surface area contributed by atoms with Gasteiger partial charge in [0.15, 0.2) is 5.96 Å². The van der Waals surface area contributed by atoms with Crippen molar-refractivity contribution in [1.82, 2.24) is 20.4 Å². The first-order chi connectivity index (χ1) is 12.0. The maximum atomic E-state index is 6.07. The fraction of sp³-hybridized carbons (Fsp3) is 0.789. The smallest absolute Gasteiger partial charge is 0.191 e. The van der Waals surface area contributed by atoms with E-state index in [-0.39, 0.29) is 35.5 Å². The molecule has 0 bridgehead atoms. The van der Waals surface area contributed by atoms with Crippen LogP contribution in [0.5, 0.6) is 0 Å². The van der Waals surface area contributed by atoms with Crippen LogP contribution in [-0.2, 0) is 11.3 Å². The highest BCUT2D eigenvalue weighted by molar-refractivity contribution is 14.0. The lowest BCUT2D eigenvalue weighted by atomic mass is 9.78. The number of halogens is 1. The number of aryl methyl sites for hydroxylation is 1. The number of aromatic nitrogens is 2. The Morgan fingerprint density at radius 3 is 2.81 bits per heavy atom. The van der Waals surface area contributed by atoms with E-state index >= 15 is 0 Å². The van der Waals surface area contributed by atoms with Gasteiger partial charge < -0.3 is 15.4 Å². The molecule has 6 nitrogen and oxygen atoms in total. The number of nitrogens with one attached hydrogen (secondary N) is 2. The van der Waals surface area contributed by atoms with E-state index in [2.05, 4.69) is 43.4 Å². The summed E-state index contributed by atoms with van der Waals surface area (Å²) < 4.78 is 8.02. The third-order valence-corrected chi connectivity index (χ3v) is 4.54. The molecule has 2 N–H and O–H groups in total. The number of hydrogen-bond acceptors (Lipinski definition) is 3. The molecule has 2 heterocycles. The van der Waals surface area contributed by atoms with Gasteiger partial charge in [-0.25, -0.2) is 0 Å². The summed E-state index contributed by atoms with van der Waals surface area (Å²) in [6.07, 6.45) is 7.45. The Labute approximate surface area is 175 Å². The molecule has 2 unspecified atom stereocenters. The van der Waals surface area contributed by atoms with Gasteiger partial charge in [-0.3, -0.25) is 9.67 Å². The molecule has 1 aliphatic rings. The predicted molar refractivity (Wildman–Crippen MR) is 118 cm³/mol. The lowest BCUT2D eigenvalue weighted by molar-refractivity contribution is -0.0823. The van der Waals surface area contributed by atoms with E-state index in [1.807, 2.05) is 23.1 Å². The Morgan fingerprint density at radius 1 is 1.35 bits per heavy atom. The van der Waals surface area contributed by atoms with E-state index < -0.39 is 0 Å². The highest BCUT2D eigenvalue weighted by Gasteiger charge is 2.35. The highest BCUT2D eigenvalue weighted by Crippen LogP contribution is 2.34. The van der Waals surface area contributed by atoms with E-state index in [9.17, 15) is 0 Å². The van der Waals surface area contributed by atoms with Crippen molar-refractivity contribution in [3.63, 3.8) is 0 Å². The fourth-order valence-corrected chi connectivity index (χ4v) is 3.42. The number of nitrogens with zero attached hydrogens (tertiary/aromatic N) is 3. The minimum Gasteiger partial charge on any atom is -0.377 e. The molecular weight excluding hydrogens is 441 g/mol. The van der Waals surface area contributed by atoms with Gasteiger partial charge in [-0.1, -0.05) is 20.8 Å². The fourth-order valence-electron chi connectivity index (χ4n) is 3.42. The first-order valence-corrected chi connectivity index (χ1v) is 9.62. The first kappa shape index (κ1) is 23.2. The quantitative estimate of drug-likeness (QED) is 0.274. The first-order valence-electron chi connectivity index (χ1n) is 9.62. The summed E-state index contributed by atoms with van der Waals surface area (Å²) in [6.45, 7) is 13.3. The van der Waals surface area contributed by atoms with Crippen LogP contribution in [-0.4, -0.2) is 48.1 Å². The molecule has 1 aliphatic heterocycles. The molecule has 1 saturated heterocycles. The molecule has 7 heteroatoms. The number of ether oxygens (including phenoxy) is 1. The third kappa shape index (κ3) is 7.82. The molecule has 26 heavy (non-hydrogen) atoms. The van der Waals surface area contributed by atoms with E-state index in [4.69, 9.17) is 9.73 Å². The summed E-state index contributed by atoms with van der Waals surface area (Å²) in [5, 5.41) is 11.0. The molecule has 0 spiro atoms. The van der Waals surface area contributed by atoms with Gasteiger partial charge in [-0.15, -0.1) is 24.0 Å². The number of aliphatic imine (C=N–C) groups is 1. The van der Waals surface area contributed by atoms with Gasteiger partial charge in [0.05, 0.1) is 6.10 Å². The van der Waals surface area contributed by atoms with Crippen LogP contribution in [0.25, 0.3) is 0 Å². The normalized spacial score (nSPS) is 21.2. The van der Waals surface area contributed by atoms with Gasteiger partial charge >= 0.3 is 0 Å². The maximum absolute atomic E-state index is 6.07. The zero-order chi connectivity index (χ0) is 18.1. The summed E-state index contributed by atoms with van der Waals surface area (Å²) in [6, 6.07) is 1.96. The van der Waals surface area contributed by atoms with Crippen molar-refractivity contribution >= 4 is 29.9 Å². The number of rotatable bonds is 7. The van der Waals surface area contributed by atoms with Crippen molar-refractivity contribution in [1.29, 1.82) is 0 Å². The zero-order valence-corrected chi connectivity index (χ0v) is 19.0. The minimum atomic E-state index is 0. The van der Waals surface area contributed by atoms with Crippen molar-refractivity contribution in [2.75, 3.05) is 26.2 Å². The van der Waals surface area contributed by atoms with Crippen LogP contribution < -0.4 is 10.6 Å². The molecule has 150 valence electrons. The Bertz CT molecular complexity index is 512. The van der Waals surface area contributed by atoms with Crippen LogP contribution in [0.2, 0.25) is 0 Å². The van der Waals surface area contributed by atoms with Gasteiger partial charge in [-0.05, 0) is 37.7 Å². The minimum absolute atomic E-state index is 0. The molecular formula is C19H36IN5O. The van der Waals surface area contributed by atoms with Gasteiger partial charge in [0.1, 0.15) is 0 Å². The second-order valence-corrected chi connectivity index (χ2v) is 7.83. The topological polar surface area (TPSA) is 63.5 Å². The molecule has 0 amide bonds. The Balaban J connectivity index is 0.00000338. The molecule has 1 aromatic heterocycles. The van der Waals surface area contributed by atoms with E-state index in [0.717, 1.165) is 51.6 Å². The van der Waals surface area contributed by atoms with Crippen LogP contribution >= 0.6 is 24.0 Å². The van der Waals surface area contributed by atoms with Crippen LogP contribution in [0.1, 0.15) is 47.0 Å². The molecule has 0 aliphatic carbocycles. The maximum Gasteiger partial charge on any atom is 0.191 e. The SMILES string of the molecule is CCNC(=NCC1CCCOC1C(C)(C)C)NCCCn1cccn1.I. The van der Waals surface area contributed by atoms with Crippen LogP contribution in [0.4, 0.5) is 0 Å². The molecule has 0 radical (unpaired) electrons. The van der Waals surface area contributed by atoms with Crippen molar-refractivity contribution in [2.24, 2.45) is 16.3 Å². The summed E-state index contributed by atoms with van der Waals surface area (Å²) in [7, 11) is 0. The average Bonchev–Trinajstić information content (AvgIpc) is 3.09. The second kappa shape index (κ2) is 11.8.